The van der Waals surface area contributed by atoms with Gasteiger partial charge in [0.1, 0.15) is 5.75 Å². The van der Waals surface area contributed by atoms with E-state index in [4.69, 9.17) is 4.74 Å². The lowest BCUT2D eigenvalue weighted by atomic mass is 10.1. The fourth-order valence-corrected chi connectivity index (χ4v) is 2.60. The van der Waals surface area contributed by atoms with Gasteiger partial charge in [-0.05, 0) is 68.1 Å². The molecule has 1 fully saturated rings. The van der Waals surface area contributed by atoms with Crippen molar-refractivity contribution in [2.24, 2.45) is 5.92 Å². The highest BCUT2D eigenvalue weighted by Gasteiger charge is 2.29. The van der Waals surface area contributed by atoms with E-state index in [9.17, 15) is 9.59 Å². The summed E-state index contributed by atoms with van der Waals surface area (Å²) in [5.74, 6) is 0.755. The molecule has 5 nitrogen and oxygen atoms in total. The molecular formula is C21H24N2O3. The Morgan fingerprint density at radius 2 is 1.69 bits per heavy atom. The summed E-state index contributed by atoms with van der Waals surface area (Å²) in [5.41, 5.74) is 2.83. The van der Waals surface area contributed by atoms with Crippen LogP contribution in [0.4, 0.5) is 11.4 Å². The maximum absolute atomic E-state index is 12.5. The molecule has 0 bridgehead atoms. The second-order valence-electron chi connectivity index (χ2n) is 6.57. The van der Waals surface area contributed by atoms with Crippen molar-refractivity contribution in [2.75, 3.05) is 17.2 Å². The molecule has 5 heteroatoms. The zero-order chi connectivity index (χ0) is 18.5. The first-order valence-corrected chi connectivity index (χ1v) is 9.03. The third kappa shape index (κ3) is 4.42. The minimum absolute atomic E-state index is 0.0549. The van der Waals surface area contributed by atoms with Crippen molar-refractivity contribution in [3.05, 3.63) is 53.6 Å². The SMILES string of the molecule is CCCOc1ccc(C(=O)Nc2cccc(NC(=O)C3CC3)c2C)cc1. The van der Waals surface area contributed by atoms with Crippen LogP contribution in [0.25, 0.3) is 0 Å². The van der Waals surface area contributed by atoms with Crippen molar-refractivity contribution in [3.8, 4) is 5.75 Å². The molecule has 0 spiro atoms. The Balaban J connectivity index is 1.67. The molecule has 1 aliphatic carbocycles. The fourth-order valence-electron chi connectivity index (χ4n) is 2.60. The number of rotatable bonds is 7. The van der Waals surface area contributed by atoms with Crippen molar-refractivity contribution >= 4 is 23.2 Å². The first kappa shape index (κ1) is 18.0. The highest BCUT2D eigenvalue weighted by molar-refractivity contribution is 6.05. The summed E-state index contributed by atoms with van der Waals surface area (Å²) in [7, 11) is 0. The average molecular weight is 352 g/mol. The fraction of sp³-hybridized carbons (Fsp3) is 0.333. The van der Waals surface area contributed by atoms with E-state index in [1.807, 2.05) is 32.0 Å². The van der Waals surface area contributed by atoms with Crippen LogP contribution in [-0.4, -0.2) is 18.4 Å². The number of carbonyl (C=O) groups excluding carboxylic acids is 2. The Hall–Kier alpha value is -2.82. The number of amides is 2. The van der Waals surface area contributed by atoms with Gasteiger partial charge in [-0.25, -0.2) is 0 Å². The van der Waals surface area contributed by atoms with E-state index in [-0.39, 0.29) is 17.7 Å². The molecule has 1 aliphatic rings. The minimum atomic E-state index is -0.194. The van der Waals surface area contributed by atoms with E-state index < -0.39 is 0 Å². The lowest BCUT2D eigenvalue weighted by Gasteiger charge is -2.13. The molecule has 0 heterocycles. The standard InChI is InChI=1S/C21H24N2O3/c1-3-13-26-17-11-9-16(10-12-17)21(25)23-19-6-4-5-18(14(19)2)22-20(24)15-7-8-15/h4-6,9-12,15H,3,7-8,13H2,1-2H3,(H,22,24)(H,23,25). The normalized spacial score (nSPS) is 13.2. The zero-order valence-corrected chi connectivity index (χ0v) is 15.2. The first-order valence-electron chi connectivity index (χ1n) is 9.03. The molecule has 2 aromatic carbocycles. The van der Waals surface area contributed by atoms with Crippen LogP contribution in [0.2, 0.25) is 0 Å². The van der Waals surface area contributed by atoms with Gasteiger partial charge in [-0.2, -0.15) is 0 Å². The van der Waals surface area contributed by atoms with Gasteiger partial charge in [0, 0.05) is 22.9 Å². The van der Waals surface area contributed by atoms with Crippen LogP contribution >= 0.6 is 0 Å². The summed E-state index contributed by atoms with van der Waals surface area (Å²) in [5, 5.41) is 5.86. The van der Waals surface area contributed by atoms with Crippen molar-refractivity contribution in [2.45, 2.75) is 33.1 Å². The van der Waals surface area contributed by atoms with Crippen LogP contribution in [0.1, 0.15) is 42.1 Å². The van der Waals surface area contributed by atoms with E-state index in [0.717, 1.165) is 36.3 Å². The van der Waals surface area contributed by atoms with Gasteiger partial charge in [-0.15, -0.1) is 0 Å². The number of benzene rings is 2. The van der Waals surface area contributed by atoms with Gasteiger partial charge in [-0.1, -0.05) is 13.0 Å². The Labute approximate surface area is 153 Å². The average Bonchev–Trinajstić information content (AvgIpc) is 3.49. The van der Waals surface area contributed by atoms with E-state index in [1.165, 1.54) is 0 Å². The van der Waals surface area contributed by atoms with Crippen LogP contribution in [0, 0.1) is 12.8 Å². The van der Waals surface area contributed by atoms with E-state index in [1.54, 1.807) is 24.3 Å². The van der Waals surface area contributed by atoms with Crippen LogP contribution < -0.4 is 15.4 Å². The van der Waals surface area contributed by atoms with Gasteiger partial charge >= 0.3 is 0 Å². The number of carbonyl (C=O) groups is 2. The summed E-state index contributed by atoms with van der Waals surface area (Å²) >= 11 is 0. The molecule has 1 saturated carbocycles. The first-order chi connectivity index (χ1) is 12.6. The predicted molar refractivity (Wildman–Crippen MR) is 103 cm³/mol. The topological polar surface area (TPSA) is 67.4 Å². The van der Waals surface area contributed by atoms with Crippen LogP contribution in [0.15, 0.2) is 42.5 Å². The summed E-state index contributed by atoms with van der Waals surface area (Å²) in [6, 6.07) is 12.6. The molecule has 0 atom stereocenters. The highest BCUT2D eigenvalue weighted by atomic mass is 16.5. The van der Waals surface area contributed by atoms with Crippen LogP contribution in [-0.2, 0) is 4.79 Å². The van der Waals surface area contributed by atoms with Crippen LogP contribution in [0.3, 0.4) is 0 Å². The second-order valence-corrected chi connectivity index (χ2v) is 6.57. The molecule has 26 heavy (non-hydrogen) atoms. The molecule has 0 unspecified atom stereocenters. The van der Waals surface area contributed by atoms with Crippen molar-refractivity contribution in [1.29, 1.82) is 0 Å². The lowest BCUT2D eigenvalue weighted by molar-refractivity contribution is -0.117. The number of hydrogen-bond donors (Lipinski definition) is 2. The van der Waals surface area contributed by atoms with Gasteiger partial charge in [0.15, 0.2) is 0 Å². The predicted octanol–water partition coefficient (Wildman–Crippen LogP) is 4.38. The number of anilines is 2. The molecule has 2 N–H and O–H groups in total. The Kier molecular flexibility index (Phi) is 5.56. The van der Waals surface area contributed by atoms with E-state index in [0.29, 0.717) is 17.9 Å². The molecular weight excluding hydrogens is 328 g/mol. The summed E-state index contributed by atoms with van der Waals surface area (Å²) < 4.78 is 5.53. The summed E-state index contributed by atoms with van der Waals surface area (Å²) in [4.78, 5) is 24.5. The molecule has 0 aliphatic heterocycles. The summed E-state index contributed by atoms with van der Waals surface area (Å²) in [6.07, 6.45) is 2.85. The minimum Gasteiger partial charge on any atom is -0.494 e. The highest BCUT2D eigenvalue weighted by Crippen LogP contribution is 2.31. The third-order valence-electron chi connectivity index (χ3n) is 4.38. The molecule has 2 amide bonds. The quantitative estimate of drug-likeness (QED) is 0.777. The van der Waals surface area contributed by atoms with Gasteiger partial charge in [0.25, 0.3) is 5.91 Å². The maximum atomic E-state index is 12.5. The lowest BCUT2D eigenvalue weighted by Crippen LogP contribution is -2.16. The van der Waals surface area contributed by atoms with E-state index >= 15 is 0 Å². The Morgan fingerprint density at radius 3 is 2.31 bits per heavy atom. The Morgan fingerprint density at radius 1 is 1.04 bits per heavy atom. The Bertz CT molecular complexity index is 795. The van der Waals surface area contributed by atoms with Crippen molar-refractivity contribution in [3.63, 3.8) is 0 Å². The molecule has 0 aromatic heterocycles. The number of ether oxygens (including phenoxy) is 1. The molecule has 0 radical (unpaired) electrons. The molecule has 3 rings (SSSR count). The van der Waals surface area contributed by atoms with Gasteiger partial charge < -0.3 is 15.4 Å². The largest absolute Gasteiger partial charge is 0.494 e. The maximum Gasteiger partial charge on any atom is 0.255 e. The molecule has 2 aromatic rings. The monoisotopic (exact) mass is 352 g/mol. The van der Waals surface area contributed by atoms with E-state index in [2.05, 4.69) is 10.6 Å². The van der Waals surface area contributed by atoms with Crippen LogP contribution in [0.5, 0.6) is 5.75 Å². The van der Waals surface area contributed by atoms with Gasteiger partial charge in [-0.3, -0.25) is 9.59 Å². The smallest absolute Gasteiger partial charge is 0.255 e. The van der Waals surface area contributed by atoms with Gasteiger partial charge in [0.05, 0.1) is 6.61 Å². The van der Waals surface area contributed by atoms with Crippen molar-refractivity contribution in [1.82, 2.24) is 0 Å². The van der Waals surface area contributed by atoms with Crippen molar-refractivity contribution < 1.29 is 14.3 Å². The summed E-state index contributed by atoms with van der Waals surface area (Å²) in [6.45, 7) is 4.59. The third-order valence-corrected chi connectivity index (χ3v) is 4.38. The number of nitrogens with one attached hydrogen (secondary N) is 2. The molecule has 0 saturated heterocycles. The molecule has 136 valence electrons. The number of hydrogen-bond acceptors (Lipinski definition) is 3. The second kappa shape index (κ2) is 8.04. The van der Waals surface area contributed by atoms with Gasteiger partial charge in [0.2, 0.25) is 5.91 Å². The zero-order valence-electron chi connectivity index (χ0n) is 15.2.